The molecule has 2 aromatic carbocycles. The molecule has 1 aliphatic heterocycles. The summed E-state index contributed by atoms with van der Waals surface area (Å²) in [7, 11) is 3.68. The average molecular weight is 394 g/mol. The summed E-state index contributed by atoms with van der Waals surface area (Å²) in [5, 5.41) is 9.35. The van der Waals surface area contributed by atoms with Gasteiger partial charge < -0.3 is 19.6 Å². The van der Waals surface area contributed by atoms with Crippen LogP contribution in [0.25, 0.3) is 0 Å². The van der Waals surface area contributed by atoms with Crippen LogP contribution in [-0.4, -0.2) is 48.1 Å². The van der Waals surface area contributed by atoms with Gasteiger partial charge in [0.05, 0.1) is 11.1 Å². The molecule has 0 aromatic heterocycles. The maximum absolute atomic E-state index is 13.6. The Hall–Kier alpha value is -2.74. The molecule has 0 atom stereocenters. The topological polar surface area (TPSA) is 53.0 Å². The van der Waals surface area contributed by atoms with Crippen LogP contribution in [0.5, 0.6) is 11.5 Å². The number of nitrogens with zero attached hydrogens (tertiary/aromatic N) is 2. The number of carbonyl (C=O) groups excluding carboxylic acids is 1. The van der Waals surface area contributed by atoms with E-state index in [-0.39, 0.29) is 36.8 Å². The van der Waals surface area contributed by atoms with E-state index in [1.54, 1.807) is 12.1 Å². The predicted octanol–water partition coefficient (Wildman–Crippen LogP) is 3.51. The molecule has 0 saturated carbocycles. The zero-order chi connectivity index (χ0) is 20.5. The van der Waals surface area contributed by atoms with E-state index in [0.717, 1.165) is 11.6 Å². The van der Waals surface area contributed by atoms with E-state index in [2.05, 4.69) is 0 Å². The molecule has 1 amide bonds. The van der Waals surface area contributed by atoms with Gasteiger partial charge in [-0.15, -0.1) is 0 Å². The van der Waals surface area contributed by atoms with Crippen LogP contribution in [0.2, 0.25) is 0 Å². The van der Waals surface area contributed by atoms with Crippen LogP contribution in [0.4, 0.5) is 13.2 Å². The third-order valence-corrected chi connectivity index (χ3v) is 4.48. The molecule has 2 aromatic rings. The highest BCUT2D eigenvalue weighted by molar-refractivity contribution is 6.00. The first-order chi connectivity index (χ1) is 13.1. The van der Waals surface area contributed by atoms with E-state index in [0.29, 0.717) is 12.1 Å². The van der Waals surface area contributed by atoms with Gasteiger partial charge >= 0.3 is 6.18 Å². The number of fused-ring (bicyclic) bond motifs is 1. The van der Waals surface area contributed by atoms with Crippen LogP contribution in [0, 0.1) is 0 Å². The first-order valence-corrected chi connectivity index (χ1v) is 8.74. The van der Waals surface area contributed by atoms with E-state index < -0.39 is 17.6 Å². The lowest BCUT2D eigenvalue weighted by Crippen LogP contribution is -2.24. The molecule has 8 heteroatoms. The number of amides is 1. The SMILES string of the molecule is CN(C)CCOc1cc2c(c(C(F)(F)F)c1)C(=O)N(Cc1ccc(O)cc1)C2. The molecule has 0 aliphatic carbocycles. The Kier molecular flexibility index (Phi) is 5.51. The van der Waals surface area contributed by atoms with Crippen molar-refractivity contribution in [2.75, 3.05) is 27.2 Å². The van der Waals surface area contributed by atoms with E-state index in [1.807, 2.05) is 19.0 Å². The van der Waals surface area contributed by atoms with E-state index in [4.69, 9.17) is 4.74 Å². The molecule has 0 unspecified atom stereocenters. The monoisotopic (exact) mass is 394 g/mol. The first-order valence-electron chi connectivity index (χ1n) is 8.74. The van der Waals surface area contributed by atoms with Crippen LogP contribution in [0.1, 0.15) is 27.0 Å². The van der Waals surface area contributed by atoms with E-state index in [9.17, 15) is 23.1 Å². The smallest absolute Gasteiger partial charge is 0.417 e. The molecule has 150 valence electrons. The predicted molar refractivity (Wildman–Crippen MR) is 97.2 cm³/mol. The third kappa shape index (κ3) is 4.39. The van der Waals surface area contributed by atoms with Gasteiger partial charge in [0, 0.05) is 19.6 Å². The number of phenols is 1. The average Bonchev–Trinajstić information content (AvgIpc) is 2.91. The van der Waals surface area contributed by atoms with Crippen molar-refractivity contribution in [3.8, 4) is 11.5 Å². The maximum Gasteiger partial charge on any atom is 0.417 e. The lowest BCUT2D eigenvalue weighted by Gasteiger charge is -2.16. The van der Waals surface area contributed by atoms with Crippen LogP contribution >= 0.6 is 0 Å². The van der Waals surface area contributed by atoms with Crippen LogP contribution < -0.4 is 4.74 Å². The van der Waals surface area contributed by atoms with Gasteiger partial charge in [-0.3, -0.25) is 4.79 Å². The van der Waals surface area contributed by atoms with Gasteiger partial charge in [0.1, 0.15) is 18.1 Å². The Morgan fingerprint density at radius 3 is 2.46 bits per heavy atom. The molecule has 0 saturated heterocycles. The molecule has 0 spiro atoms. The summed E-state index contributed by atoms with van der Waals surface area (Å²) in [6, 6.07) is 8.62. The Balaban J connectivity index is 1.87. The highest BCUT2D eigenvalue weighted by atomic mass is 19.4. The summed E-state index contributed by atoms with van der Waals surface area (Å²) < 4.78 is 46.2. The Morgan fingerprint density at radius 2 is 1.86 bits per heavy atom. The van der Waals surface area contributed by atoms with Crippen molar-refractivity contribution in [1.82, 2.24) is 9.80 Å². The molecular formula is C20H21F3N2O3. The molecule has 5 nitrogen and oxygen atoms in total. The van der Waals surface area contributed by atoms with Crippen LogP contribution in [0.15, 0.2) is 36.4 Å². The maximum atomic E-state index is 13.6. The van der Waals surface area contributed by atoms with Crippen molar-refractivity contribution in [2.45, 2.75) is 19.3 Å². The largest absolute Gasteiger partial charge is 0.508 e. The Labute approximate surface area is 160 Å². The van der Waals surface area contributed by atoms with Gasteiger partial charge in [0.15, 0.2) is 0 Å². The number of hydrogen-bond acceptors (Lipinski definition) is 4. The van der Waals surface area contributed by atoms with Gasteiger partial charge in [0.25, 0.3) is 5.91 Å². The van der Waals surface area contributed by atoms with Crippen molar-refractivity contribution in [3.05, 3.63) is 58.7 Å². The molecular weight excluding hydrogens is 373 g/mol. The van der Waals surface area contributed by atoms with Crippen molar-refractivity contribution >= 4 is 5.91 Å². The lowest BCUT2D eigenvalue weighted by atomic mass is 10.0. The fraction of sp³-hybridized carbons (Fsp3) is 0.350. The second-order valence-electron chi connectivity index (χ2n) is 6.98. The van der Waals surface area contributed by atoms with Gasteiger partial charge in [-0.2, -0.15) is 13.2 Å². The summed E-state index contributed by atoms with van der Waals surface area (Å²) in [5.41, 5.74) is -0.261. The standard InChI is InChI=1S/C20H21F3N2O3/c1-24(2)7-8-28-16-9-14-12-25(11-13-3-5-15(26)6-4-13)19(27)18(14)17(10-16)20(21,22)23/h3-6,9-10,26H,7-8,11-12H2,1-2H3. The number of benzene rings is 2. The summed E-state index contributed by atoms with van der Waals surface area (Å²) in [4.78, 5) is 15.9. The normalized spacial score (nSPS) is 13.9. The number of phenolic OH excluding ortho intramolecular Hbond substituents is 1. The van der Waals surface area contributed by atoms with Gasteiger partial charge in [-0.25, -0.2) is 0 Å². The minimum Gasteiger partial charge on any atom is -0.508 e. The van der Waals surface area contributed by atoms with E-state index in [1.165, 1.54) is 23.1 Å². The van der Waals surface area contributed by atoms with Crippen LogP contribution in [-0.2, 0) is 19.3 Å². The van der Waals surface area contributed by atoms with Crippen molar-refractivity contribution in [1.29, 1.82) is 0 Å². The summed E-state index contributed by atoms with van der Waals surface area (Å²) in [5.74, 6) is -0.471. The van der Waals surface area contributed by atoms with Crippen molar-refractivity contribution in [3.63, 3.8) is 0 Å². The Morgan fingerprint density at radius 1 is 1.18 bits per heavy atom. The quantitative estimate of drug-likeness (QED) is 0.815. The highest BCUT2D eigenvalue weighted by Crippen LogP contribution is 2.40. The molecule has 1 aliphatic rings. The van der Waals surface area contributed by atoms with Crippen LogP contribution in [0.3, 0.4) is 0 Å². The highest BCUT2D eigenvalue weighted by Gasteiger charge is 2.41. The number of halogens is 3. The van der Waals surface area contributed by atoms with E-state index >= 15 is 0 Å². The summed E-state index contributed by atoms with van der Waals surface area (Å²) in [6.07, 6.45) is -4.66. The zero-order valence-electron chi connectivity index (χ0n) is 15.6. The molecule has 0 radical (unpaired) electrons. The molecule has 1 heterocycles. The first kappa shape index (κ1) is 20.0. The number of alkyl halides is 3. The summed E-state index contributed by atoms with van der Waals surface area (Å²) in [6.45, 7) is 1.03. The minimum atomic E-state index is -4.66. The van der Waals surface area contributed by atoms with Gasteiger partial charge in [-0.05, 0) is 49.5 Å². The second kappa shape index (κ2) is 7.71. The molecule has 0 bridgehead atoms. The fourth-order valence-electron chi connectivity index (χ4n) is 3.09. The number of rotatable bonds is 6. The van der Waals surface area contributed by atoms with Crippen molar-refractivity contribution < 1.29 is 27.8 Å². The summed E-state index contributed by atoms with van der Waals surface area (Å²) >= 11 is 0. The lowest BCUT2D eigenvalue weighted by molar-refractivity contribution is -0.138. The number of likely N-dealkylation sites (N-methyl/N-ethyl adjacent to an activating group) is 1. The van der Waals surface area contributed by atoms with Gasteiger partial charge in [0.2, 0.25) is 0 Å². The fourth-order valence-corrected chi connectivity index (χ4v) is 3.09. The molecule has 1 N–H and O–H groups in total. The number of hydrogen-bond donors (Lipinski definition) is 1. The molecule has 3 rings (SSSR count). The van der Waals surface area contributed by atoms with Gasteiger partial charge in [-0.1, -0.05) is 12.1 Å². The molecule has 28 heavy (non-hydrogen) atoms. The number of ether oxygens (including phenoxy) is 1. The molecule has 0 fully saturated rings. The Bertz CT molecular complexity index is 864. The minimum absolute atomic E-state index is 0.0724. The zero-order valence-corrected chi connectivity index (χ0v) is 15.6. The third-order valence-electron chi connectivity index (χ3n) is 4.48. The van der Waals surface area contributed by atoms with Crippen molar-refractivity contribution in [2.24, 2.45) is 0 Å². The number of carbonyl (C=O) groups is 1. The number of aromatic hydroxyl groups is 1. The second-order valence-corrected chi connectivity index (χ2v) is 6.98.